The van der Waals surface area contributed by atoms with Gasteiger partial charge in [0.15, 0.2) is 0 Å². The first-order valence-electron chi connectivity index (χ1n) is 9.16. The molecular formula is C20H38. The molecule has 0 N–H and O–H groups in total. The first kappa shape index (κ1) is 16.4. The zero-order valence-electron chi connectivity index (χ0n) is 15.1. The van der Waals surface area contributed by atoms with Gasteiger partial charge in [0, 0.05) is 0 Å². The Morgan fingerprint density at radius 2 is 1.60 bits per heavy atom. The molecule has 20 heavy (non-hydrogen) atoms. The summed E-state index contributed by atoms with van der Waals surface area (Å²) in [5.41, 5.74) is 1.17. The Labute approximate surface area is 128 Å². The van der Waals surface area contributed by atoms with E-state index < -0.39 is 0 Å². The Morgan fingerprint density at radius 1 is 0.950 bits per heavy atom. The summed E-state index contributed by atoms with van der Waals surface area (Å²) in [6.07, 6.45) is 8.77. The molecule has 0 heteroatoms. The van der Waals surface area contributed by atoms with Crippen molar-refractivity contribution in [2.45, 2.75) is 87.0 Å². The second kappa shape index (κ2) is 5.65. The third-order valence-corrected chi connectivity index (χ3v) is 7.05. The Bertz CT molecular complexity index is 327. The fraction of sp³-hybridized carbons (Fsp3) is 1.00. The highest BCUT2D eigenvalue weighted by Crippen LogP contribution is 2.57. The smallest absolute Gasteiger partial charge is 0.0290 e. The summed E-state index contributed by atoms with van der Waals surface area (Å²) in [6, 6.07) is 0. The fourth-order valence-corrected chi connectivity index (χ4v) is 6.09. The Balaban J connectivity index is 2.24. The van der Waals surface area contributed by atoms with Crippen molar-refractivity contribution in [2.75, 3.05) is 0 Å². The molecular weight excluding hydrogens is 240 g/mol. The average molecular weight is 279 g/mol. The van der Waals surface area contributed by atoms with Crippen molar-refractivity contribution < 1.29 is 0 Å². The van der Waals surface area contributed by atoms with Crippen molar-refractivity contribution in [2.24, 2.45) is 40.4 Å². The van der Waals surface area contributed by atoms with Crippen molar-refractivity contribution in [3.8, 4) is 0 Å². The molecule has 5 atom stereocenters. The first-order valence-corrected chi connectivity index (χ1v) is 9.16. The van der Waals surface area contributed by atoms with Crippen molar-refractivity contribution in [1.29, 1.82) is 0 Å². The van der Waals surface area contributed by atoms with Crippen LogP contribution < -0.4 is 0 Å². The lowest BCUT2D eigenvalue weighted by Crippen LogP contribution is -2.46. The molecule has 0 heterocycles. The number of rotatable bonds is 2. The lowest BCUT2D eigenvalue weighted by molar-refractivity contribution is -0.0509. The van der Waals surface area contributed by atoms with Gasteiger partial charge < -0.3 is 0 Å². The SMILES string of the molecule is CC(C)C1C(C)C(C)CCC1C1(C)CCCC(C)(C)C1. The van der Waals surface area contributed by atoms with Gasteiger partial charge in [-0.05, 0) is 66.1 Å². The van der Waals surface area contributed by atoms with Crippen LogP contribution in [-0.4, -0.2) is 0 Å². The summed E-state index contributed by atoms with van der Waals surface area (Å²) in [5, 5.41) is 0. The Morgan fingerprint density at radius 3 is 2.15 bits per heavy atom. The molecule has 118 valence electrons. The predicted molar refractivity (Wildman–Crippen MR) is 89.7 cm³/mol. The van der Waals surface area contributed by atoms with E-state index in [0.29, 0.717) is 10.8 Å². The van der Waals surface area contributed by atoms with Gasteiger partial charge in [-0.1, -0.05) is 61.3 Å². The van der Waals surface area contributed by atoms with Crippen LogP contribution in [0, 0.1) is 40.4 Å². The quantitative estimate of drug-likeness (QED) is 0.537. The van der Waals surface area contributed by atoms with Gasteiger partial charge in [0.1, 0.15) is 0 Å². The Hall–Kier alpha value is 0. The van der Waals surface area contributed by atoms with Gasteiger partial charge in [-0.2, -0.15) is 0 Å². The van der Waals surface area contributed by atoms with Gasteiger partial charge in [0.25, 0.3) is 0 Å². The zero-order chi connectivity index (χ0) is 15.1. The predicted octanol–water partition coefficient (Wildman–Crippen LogP) is 6.55. The van der Waals surface area contributed by atoms with Crippen LogP contribution in [0.15, 0.2) is 0 Å². The van der Waals surface area contributed by atoms with E-state index in [-0.39, 0.29) is 0 Å². The lowest BCUT2D eigenvalue weighted by Gasteiger charge is -2.55. The van der Waals surface area contributed by atoms with Crippen LogP contribution in [0.1, 0.15) is 87.0 Å². The molecule has 0 nitrogen and oxygen atoms in total. The van der Waals surface area contributed by atoms with Gasteiger partial charge in [0.05, 0.1) is 0 Å². The largest absolute Gasteiger partial charge is 0.0625 e. The average Bonchev–Trinajstić information content (AvgIpc) is 2.30. The molecule has 2 aliphatic carbocycles. The van der Waals surface area contributed by atoms with Crippen LogP contribution >= 0.6 is 0 Å². The van der Waals surface area contributed by atoms with E-state index in [1.54, 1.807) is 0 Å². The maximum Gasteiger partial charge on any atom is -0.0290 e. The highest BCUT2D eigenvalue weighted by molar-refractivity contribution is 4.98. The minimum Gasteiger partial charge on any atom is -0.0625 e. The zero-order valence-corrected chi connectivity index (χ0v) is 15.1. The lowest BCUT2D eigenvalue weighted by atomic mass is 9.50. The molecule has 0 amide bonds. The molecule has 0 aromatic rings. The van der Waals surface area contributed by atoms with Crippen molar-refractivity contribution in [3.63, 3.8) is 0 Å². The minimum atomic E-state index is 0.570. The van der Waals surface area contributed by atoms with Crippen LogP contribution in [0.25, 0.3) is 0 Å². The van der Waals surface area contributed by atoms with Crippen molar-refractivity contribution >= 4 is 0 Å². The monoisotopic (exact) mass is 278 g/mol. The van der Waals surface area contributed by atoms with Crippen LogP contribution in [0.5, 0.6) is 0 Å². The maximum atomic E-state index is 2.64. The highest BCUT2D eigenvalue weighted by Gasteiger charge is 2.48. The van der Waals surface area contributed by atoms with Crippen LogP contribution in [0.3, 0.4) is 0 Å². The molecule has 2 fully saturated rings. The standard InChI is InChI=1S/C20H38/c1-14(2)18-16(4)15(3)9-10-17(18)20(7)12-8-11-19(5,6)13-20/h14-18H,8-13H2,1-7H3. The van der Waals surface area contributed by atoms with Gasteiger partial charge >= 0.3 is 0 Å². The second-order valence-electron chi connectivity index (χ2n) is 9.69. The van der Waals surface area contributed by atoms with Crippen LogP contribution in [-0.2, 0) is 0 Å². The fourth-order valence-electron chi connectivity index (χ4n) is 6.09. The van der Waals surface area contributed by atoms with E-state index in [4.69, 9.17) is 0 Å². The molecule has 0 radical (unpaired) electrons. The first-order chi connectivity index (χ1) is 9.16. The van der Waals surface area contributed by atoms with E-state index in [9.17, 15) is 0 Å². The summed E-state index contributed by atoms with van der Waals surface area (Å²) < 4.78 is 0. The molecule has 0 aromatic heterocycles. The van der Waals surface area contributed by atoms with Gasteiger partial charge in [-0.15, -0.1) is 0 Å². The molecule has 2 rings (SSSR count). The molecule has 0 aromatic carbocycles. The van der Waals surface area contributed by atoms with Crippen molar-refractivity contribution in [1.82, 2.24) is 0 Å². The number of hydrogen-bond acceptors (Lipinski definition) is 0. The van der Waals surface area contributed by atoms with E-state index >= 15 is 0 Å². The summed E-state index contributed by atoms with van der Waals surface area (Å²) >= 11 is 0. The summed E-state index contributed by atoms with van der Waals surface area (Å²) in [5.74, 6) is 4.60. The van der Waals surface area contributed by atoms with Gasteiger partial charge in [0.2, 0.25) is 0 Å². The van der Waals surface area contributed by atoms with Crippen LogP contribution in [0.4, 0.5) is 0 Å². The second-order valence-corrected chi connectivity index (χ2v) is 9.69. The molecule has 0 spiro atoms. The highest BCUT2D eigenvalue weighted by atomic mass is 14.5. The molecule has 0 bridgehead atoms. The topological polar surface area (TPSA) is 0 Å². The normalized spacial score (nSPS) is 45.6. The van der Waals surface area contributed by atoms with E-state index in [1.807, 2.05) is 0 Å². The summed E-state index contributed by atoms with van der Waals surface area (Å²) in [4.78, 5) is 0. The van der Waals surface area contributed by atoms with Gasteiger partial charge in [-0.3, -0.25) is 0 Å². The van der Waals surface area contributed by atoms with E-state index in [1.165, 1.54) is 38.5 Å². The summed E-state index contributed by atoms with van der Waals surface area (Å²) in [6.45, 7) is 17.6. The molecule has 2 aliphatic rings. The molecule has 5 unspecified atom stereocenters. The van der Waals surface area contributed by atoms with Crippen LogP contribution in [0.2, 0.25) is 0 Å². The third kappa shape index (κ3) is 3.09. The number of hydrogen-bond donors (Lipinski definition) is 0. The summed E-state index contributed by atoms with van der Waals surface area (Å²) in [7, 11) is 0. The third-order valence-electron chi connectivity index (χ3n) is 7.05. The van der Waals surface area contributed by atoms with E-state index in [2.05, 4.69) is 48.5 Å². The Kier molecular flexibility index (Phi) is 4.63. The molecule has 2 saturated carbocycles. The maximum absolute atomic E-state index is 2.64. The van der Waals surface area contributed by atoms with E-state index in [0.717, 1.165) is 29.6 Å². The van der Waals surface area contributed by atoms with Gasteiger partial charge in [-0.25, -0.2) is 0 Å². The molecule has 0 saturated heterocycles. The minimum absolute atomic E-state index is 0.570. The van der Waals surface area contributed by atoms with Crippen molar-refractivity contribution in [3.05, 3.63) is 0 Å². The molecule has 0 aliphatic heterocycles.